The van der Waals surface area contributed by atoms with Crippen molar-refractivity contribution >= 4 is 11.9 Å². The van der Waals surface area contributed by atoms with Gasteiger partial charge < -0.3 is 4.74 Å². The van der Waals surface area contributed by atoms with Crippen molar-refractivity contribution in [3.63, 3.8) is 0 Å². The summed E-state index contributed by atoms with van der Waals surface area (Å²) in [6.07, 6.45) is 7.00. The zero-order valence-electron chi connectivity index (χ0n) is 14.4. The normalized spacial score (nSPS) is 30.5. The minimum absolute atomic E-state index is 0.170. The van der Waals surface area contributed by atoms with Crippen LogP contribution < -0.4 is 4.74 Å². The summed E-state index contributed by atoms with van der Waals surface area (Å²) < 4.78 is 5.51. The van der Waals surface area contributed by atoms with E-state index in [-0.39, 0.29) is 10.8 Å². The molecule has 0 aliphatic heterocycles. The minimum atomic E-state index is -0.170. The van der Waals surface area contributed by atoms with Gasteiger partial charge in [-0.05, 0) is 59.9 Å². The quantitative estimate of drug-likeness (QED) is 0.574. The topological polar surface area (TPSA) is 26.3 Å². The first-order chi connectivity index (χ1) is 10.9. The van der Waals surface area contributed by atoms with Crippen molar-refractivity contribution in [3.05, 3.63) is 48.1 Å². The van der Waals surface area contributed by atoms with Gasteiger partial charge in [0.05, 0.1) is 0 Å². The molecule has 3 aliphatic rings. The van der Waals surface area contributed by atoms with Gasteiger partial charge in [-0.25, -0.2) is 0 Å². The third-order valence-electron chi connectivity index (χ3n) is 5.53. The van der Waals surface area contributed by atoms with Crippen LogP contribution in [0, 0.1) is 16.7 Å². The molecule has 4 rings (SSSR count). The van der Waals surface area contributed by atoms with Crippen LogP contribution in [0.3, 0.4) is 0 Å². The van der Waals surface area contributed by atoms with Crippen LogP contribution in [0.1, 0.15) is 45.6 Å². The van der Waals surface area contributed by atoms with Gasteiger partial charge in [-0.15, -0.1) is 0 Å². The third-order valence-corrected chi connectivity index (χ3v) is 5.53. The van der Waals surface area contributed by atoms with Crippen molar-refractivity contribution in [2.24, 2.45) is 16.7 Å². The fourth-order valence-corrected chi connectivity index (χ4v) is 4.51. The Bertz CT molecular complexity index is 651. The van der Waals surface area contributed by atoms with Crippen molar-refractivity contribution in [3.8, 4) is 5.75 Å². The van der Waals surface area contributed by atoms with Crippen molar-refractivity contribution in [2.45, 2.75) is 40.0 Å². The predicted octanol–water partition coefficient (Wildman–Crippen LogP) is 5.05. The second-order valence-electron chi connectivity index (χ2n) is 7.91. The highest BCUT2D eigenvalue weighted by Crippen LogP contribution is 2.58. The Labute approximate surface area is 139 Å². The van der Waals surface area contributed by atoms with E-state index in [0.29, 0.717) is 18.3 Å². The number of ether oxygens (including phenoxy) is 1. The van der Waals surface area contributed by atoms with E-state index >= 15 is 0 Å². The zero-order chi connectivity index (χ0) is 16.7. The maximum absolute atomic E-state index is 12.9. The molecule has 2 bridgehead atoms. The Morgan fingerprint density at radius 2 is 1.96 bits per heavy atom. The summed E-state index contributed by atoms with van der Waals surface area (Å²) in [7, 11) is 0. The zero-order valence-corrected chi connectivity index (χ0v) is 14.4. The minimum Gasteiger partial charge on any atom is -0.490 e. The summed E-state index contributed by atoms with van der Waals surface area (Å²) in [4.78, 5) is 12.9. The Hall–Kier alpha value is -1.83. The lowest BCUT2D eigenvalue weighted by molar-refractivity contribution is -0.136. The number of fused-ring (bicyclic) bond motifs is 3. The summed E-state index contributed by atoms with van der Waals surface area (Å²) in [5, 5.41) is 0. The third kappa shape index (κ3) is 2.87. The van der Waals surface area contributed by atoms with Gasteiger partial charge >= 0.3 is 0 Å². The standard InChI is InChI=1S/C21H26O2/c1-5-12-23-16-8-6-15(7-9-16)13-17-18-10-11-21(4,19(17)22)14-20(18,2)3/h5-9,13,18H,1,10-12,14H2,2-4H3/b17-13+. The molecule has 23 heavy (non-hydrogen) atoms. The number of ketones is 1. The maximum atomic E-state index is 12.9. The van der Waals surface area contributed by atoms with E-state index in [1.165, 1.54) is 0 Å². The molecule has 0 aromatic heterocycles. The molecule has 0 amide bonds. The van der Waals surface area contributed by atoms with Gasteiger partial charge in [-0.1, -0.05) is 45.6 Å². The Morgan fingerprint density at radius 3 is 2.57 bits per heavy atom. The molecule has 2 atom stereocenters. The van der Waals surface area contributed by atoms with E-state index in [1.807, 2.05) is 24.3 Å². The fourth-order valence-electron chi connectivity index (χ4n) is 4.51. The predicted molar refractivity (Wildman–Crippen MR) is 94.3 cm³/mol. The first-order valence-electron chi connectivity index (χ1n) is 8.46. The van der Waals surface area contributed by atoms with Gasteiger partial charge in [0.15, 0.2) is 5.78 Å². The Morgan fingerprint density at radius 1 is 1.26 bits per heavy atom. The van der Waals surface area contributed by atoms with Crippen LogP contribution >= 0.6 is 0 Å². The Balaban J connectivity index is 1.89. The van der Waals surface area contributed by atoms with Crippen LogP contribution in [-0.2, 0) is 4.79 Å². The fraction of sp³-hybridized carbons (Fsp3) is 0.476. The molecule has 1 aromatic rings. The molecule has 2 unspecified atom stereocenters. The summed E-state index contributed by atoms with van der Waals surface area (Å²) in [6, 6.07) is 7.95. The van der Waals surface area contributed by atoms with Crippen LogP contribution in [0.2, 0.25) is 0 Å². The van der Waals surface area contributed by atoms with Crippen molar-refractivity contribution in [1.82, 2.24) is 0 Å². The molecule has 3 saturated carbocycles. The largest absolute Gasteiger partial charge is 0.490 e. The van der Waals surface area contributed by atoms with E-state index in [0.717, 1.165) is 36.1 Å². The molecule has 3 fully saturated rings. The smallest absolute Gasteiger partial charge is 0.165 e. The van der Waals surface area contributed by atoms with E-state index in [4.69, 9.17) is 4.74 Å². The van der Waals surface area contributed by atoms with Gasteiger partial charge in [-0.2, -0.15) is 0 Å². The molecule has 2 nitrogen and oxygen atoms in total. The van der Waals surface area contributed by atoms with Crippen LogP contribution in [0.5, 0.6) is 5.75 Å². The molecular formula is C21H26O2. The molecule has 2 heteroatoms. The molecule has 3 aliphatic carbocycles. The van der Waals surface area contributed by atoms with E-state index in [1.54, 1.807) is 6.08 Å². The number of Topliss-reactive ketones (excluding diaryl/α,β-unsaturated/α-hetero) is 1. The number of benzene rings is 1. The molecule has 0 heterocycles. The van der Waals surface area contributed by atoms with Crippen LogP contribution in [-0.4, -0.2) is 12.4 Å². The van der Waals surface area contributed by atoms with E-state index in [9.17, 15) is 4.79 Å². The monoisotopic (exact) mass is 310 g/mol. The highest BCUT2D eigenvalue weighted by atomic mass is 16.5. The second-order valence-corrected chi connectivity index (χ2v) is 7.91. The summed E-state index contributed by atoms with van der Waals surface area (Å²) in [5.41, 5.74) is 2.14. The lowest BCUT2D eigenvalue weighted by Gasteiger charge is -2.54. The van der Waals surface area contributed by atoms with Crippen LogP contribution in [0.4, 0.5) is 0 Å². The van der Waals surface area contributed by atoms with Gasteiger partial charge in [-0.3, -0.25) is 4.79 Å². The summed E-state index contributed by atoms with van der Waals surface area (Å²) in [6.45, 7) is 10.9. The molecule has 0 radical (unpaired) electrons. The SMILES string of the molecule is C=CCOc1ccc(/C=C2/C(=O)C3(C)CCC2C(C)(C)C3)cc1. The summed E-state index contributed by atoms with van der Waals surface area (Å²) in [5.74, 6) is 1.57. The van der Waals surface area contributed by atoms with Crippen LogP contribution in [0.15, 0.2) is 42.5 Å². The van der Waals surface area contributed by atoms with Crippen molar-refractivity contribution < 1.29 is 9.53 Å². The van der Waals surface area contributed by atoms with E-state index in [2.05, 4.69) is 33.4 Å². The molecule has 122 valence electrons. The van der Waals surface area contributed by atoms with E-state index < -0.39 is 0 Å². The molecule has 0 spiro atoms. The molecule has 0 saturated heterocycles. The van der Waals surface area contributed by atoms with Gasteiger partial charge in [0.2, 0.25) is 0 Å². The lowest BCUT2D eigenvalue weighted by atomic mass is 9.49. The highest BCUT2D eigenvalue weighted by molar-refractivity contribution is 6.05. The number of hydrogen-bond donors (Lipinski definition) is 0. The highest BCUT2D eigenvalue weighted by Gasteiger charge is 2.54. The average molecular weight is 310 g/mol. The number of allylic oxidation sites excluding steroid dienone is 1. The summed E-state index contributed by atoms with van der Waals surface area (Å²) >= 11 is 0. The first-order valence-corrected chi connectivity index (χ1v) is 8.46. The second kappa shape index (κ2) is 5.67. The van der Waals surface area contributed by atoms with Gasteiger partial charge in [0.1, 0.15) is 12.4 Å². The lowest BCUT2D eigenvalue weighted by Crippen LogP contribution is -2.50. The molecular weight excluding hydrogens is 284 g/mol. The van der Waals surface area contributed by atoms with Gasteiger partial charge in [0, 0.05) is 5.41 Å². The number of rotatable bonds is 4. The van der Waals surface area contributed by atoms with Crippen molar-refractivity contribution in [1.29, 1.82) is 0 Å². The Kier molecular flexibility index (Phi) is 3.95. The molecule has 0 N–H and O–H groups in total. The molecule has 1 aromatic carbocycles. The maximum Gasteiger partial charge on any atom is 0.165 e. The van der Waals surface area contributed by atoms with Crippen LogP contribution in [0.25, 0.3) is 6.08 Å². The van der Waals surface area contributed by atoms with Crippen molar-refractivity contribution in [2.75, 3.05) is 6.61 Å². The number of carbonyl (C=O) groups is 1. The first kappa shape index (κ1) is 16.0. The van der Waals surface area contributed by atoms with Gasteiger partial charge in [0.25, 0.3) is 0 Å². The number of hydrogen-bond acceptors (Lipinski definition) is 2. The average Bonchev–Trinajstić information content (AvgIpc) is 2.50. The number of carbonyl (C=O) groups excluding carboxylic acids is 1.